The highest BCUT2D eigenvalue weighted by molar-refractivity contribution is 5.86. The van der Waals surface area contributed by atoms with Gasteiger partial charge in [0.1, 0.15) is 23.7 Å². The molecule has 0 spiro atoms. The zero-order valence-corrected chi connectivity index (χ0v) is 14.2. The van der Waals surface area contributed by atoms with Crippen LogP contribution >= 0.6 is 0 Å². The van der Waals surface area contributed by atoms with Crippen LogP contribution in [0.1, 0.15) is 18.4 Å². The molecule has 0 bridgehead atoms. The SMILES string of the molecule is Cn1ccc2c(OC3CCN(c4ccc(C#N)cn4)CC3)cccc21. The first-order chi connectivity index (χ1) is 12.2. The number of benzene rings is 1. The standard InChI is InChI=1S/C20H20N4O/c1-23-10-9-17-18(23)3-2-4-19(17)25-16-7-11-24(12-8-16)20-6-5-15(13-21)14-22-20/h2-6,9-10,14,16H,7-8,11-12H2,1H3. The number of anilines is 1. The fraction of sp³-hybridized carbons (Fsp3) is 0.300. The first-order valence-electron chi connectivity index (χ1n) is 8.56. The van der Waals surface area contributed by atoms with Crippen molar-refractivity contribution in [2.24, 2.45) is 7.05 Å². The number of aryl methyl sites for hydroxylation is 1. The van der Waals surface area contributed by atoms with E-state index in [9.17, 15) is 0 Å². The summed E-state index contributed by atoms with van der Waals surface area (Å²) in [6.07, 6.45) is 5.85. The highest BCUT2D eigenvalue weighted by Crippen LogP contribution is 2.29. The number of ether oxygens (including phenoxy) is 1. The van der Waals surface area contributed by atoms with Gasteiger partial charge in [0.25, 0.3) is 0 Å². The van der Waals surface area contributed by atoms with Gasteiger partial charge in [-0.15, -0.1) is 0 Å². The van der Waals surface area contributed by atoms with Gasteiger partial charge in [-0.2, -0.15) is 5.26 Å². The maximum absolute atomic E-state index is 8.87. The Bertz CT molecular complexity index is 915. The zero-order valence-electron chi connectivity index (χ0n) is 14.2. The smallest absolute Gasteiger partial charge is 0.129 e. The monoisotopic (exact) mass is 332 g/mol. The molecule has 0 unspecified atom stereocenters. The molecule has 3 heterocycles. The maximum atomic E-state index is 8.87. The summed E-state index contributed by atoms with van der Waals surface area (Å²) in [4.78, 5) is 6.64. The van der Waals surface area contributed by atoms with Crippen molar-refractivity contribution in [2.75, 3.05) is 18.0 Å². The molecule has 4 rings (SSSR count). The van der Waals surface area contributed by atoms with Crippen LogP contribution in [-0.4, -0.2) is 28.7 Å². The zero-order chi connectivity index (χ0) is 17.2. The van der Waals surface area contributed by atoms with E-state index in [2.05, 4.69) is 52.0 Å². The second-order valence-corrected chi connectivity index (χ2v) is 6.44. The van der Waals surface area contributed by atoms with Gasteiger partial charge in [-0.3, -0.25) is 0 Å². The number of piperidine rings is 1. The minimum absolute atomic E-state index is 0.223. The van der Waals surface area contributed by atoms with E-state index >= 15 is 0 Å². The molecule has 3 aromatic rings. The molecule has 5 heteroatoms. The third-order valence-corrected chi connectivity index (χ3v) is 4.82. The molecule has 1 aromatic carbocycles. The number of hydrogen-bond acceptors (Lipinski definition) is 4. The minimum Gasteiger partial charge on any atom is -0.490 e. The van der Waals surface area contributed by atoms with Gasteiger partial charge < -0.3 is 14.2 Å². The van der Waals surface area contributed by atoms with Crippen LogP contribution in [0, 0.1) is 11.3 Å². The van der Waals surface area contributed by atoms with E-state index in [1.807, 2.05) is 18.2 Å². The lowest BCUT2D eigenvalue weighted by Crippen LogP contribution is -2.38. The van der Waals surface area contributed by atoms with E-state index in [0.717, 1.165) is 37.5 Å². The van der Waals surface area contributed by atoms with Crippen molar-refractivity contribution in [3.8, 4) is 11.8 Å². The number of nitrogens with zero attached hydrogens (tertiary/aromatic N) is 4. The number of hydrogen-bond donors (Lipinski definition) is 0. The largest absolute Gasteiger partial charge is 0.490 e. The molecule has 126 valence electrons. The predicted octanol–water partition coefficient (Wildman–Crippen LogP) is 3.49. The van der Waals surface area contributed by atoms with Crippen LogP contribution in [0.4, 0.5) is 5.82 Å². The van der Waals surface area contributed by atoms with Gasteiger partial charge in [-0.05, 0) is 30.3 Å². The molecule has 1 saturated heterocycles. The average Bonchev–Trinajstić information content (AvgIpc) is 3.05. The van der Waals surface area contributed by atoms with Crippen LogP contribution in [0.2, 0.25) is 0 Å². The Labute approximate surface area is 147 Å². The molecule has 0 saturated carbocycles. The van der Waals surface area contributed by atoms with Gasteiger partial charge in [-0.1, -0.05) is 6.07 Å². The van der Waals surface area contributed by atoms with E-state index in [1.165, 1.54) is 10.9 Å². The van der Waals surface area contributed by atoms with E-state index in [4.69, 9.17) is 10.00 Å². The predicted molar refractivity (Wildman–Crippen MR) is 97.7 cm³/mol. The summed E-state index contributed by atoms with van der Waals surface area (Å²) in [5.41, 5.74) is 1.79. The van der Waals surface area contributed by atoms with Gasteiger partial charge in [-0.25, -0.2) is 4.98 Å². The molecule has 0 atom stereocenters. The Morgan fingerprint density at radius 2 is 2.00 bits per heavy atom. The Hall–Kier alpha value is -3.00. The van der Waals surface area contributed by atoms with Crippen molar-refractivity contribution in [2.45, 2.75) is 18.9 Å². The lowest BCUT2D eigenvalue weighted by Gasteiger charge is -2.33. The molecular weight excluding hydrogens is 312 g/mol. The lowest BCUT2D eigenvalue weighted by molar-refractivity contribution is 0.173. The quantitative estimate of drug-likeness (QED) is 0.737. The molecule has 1 aliphatic rings. The van der Waals surface area contributed by atoms with Gasteiger partial charge in [0.15, 0.2) is 0 Å². The third-order valence-electron chi connectivity index (χ3n) is 4.82. The topological polar surface area (TPSA) is 54.1 Å². The van der Waals surface area contributed by atoms with Gasteiger partial charge in [0.05, 0.1) is 11.1 Å². The fourth-order valence-electron chi connectivity index (χ4n) is 3.40. The van der Waals surface area contributed by atoms with E-state index in [-0.39, 0.29) is 6.10 Å². The van der Waals surface area contributed by atoms with Crippen LogP contribution in [0.3, 0.4) is 0 Å². The van der Waals surface area contributed by atoms with E-state index in [1.54, 1.807) is 6.20 Å². The molecular formula is C20H20N4O. The van der Waals surface area contributed by atoms with Gasteiger partial charge in [0.2, 0.25) is 0 Å². The average molecular weight is 332 g/mol. The summed E-state index contributed by atoms with van der Waals surface area (Å²) in [7, 11) is 2.05. The summed E-state index contributed by atoms with van der Waals surface area (Å²) in [5.74, 6) is 1.90. The number of nitriles is 1. The van der Waals surface area contributed by atoms with Crippen LogP contribution < -0.4 is 9.64 Å². The molecule has 0 amide bonds. The van der Waals surface area contributed by atoms with Crippen molar-refractivity contribution in [1.82, 2.24) is 9.55 Å². The highest BCUT2D eigenvalue weighted by Gasteiger charge is 2.22. The van der Waals surface area contributed by atoms with Crippen LogP contribution in [-0.2, 0) is 7.05 Å². The lowest BCUT2D eigenvalue weighted by atomic mass is 10.1. The Kier molecular flexibility index (Phi) is 4.02. The Balaban J connectivity index is 1.42. The van der Waals surface area contributed by atoms with Crippen molar-refractivity contribution in [1.29, 1.82) is 5.26 Å². The van der Waals surface area contributed by atoms with Crippen molar-refractivity contribution < 1.29 is 4.74 Å². The molecule has 1 fully saturated rings. The van der Waals surface area contributed by atoms with E-state index < -0.39 is 0 Å². The number of aromatic nitrogens is 2. The normalized spacial score (nSPS) is 15.3. The summed E-state index contributed by atoms with van der Waals surface area (Å²) in [6, 6.07) is 14.2. The van der Waals surface area contributed by atoms with Gasteiger partial charge >= 0.3 is 0 Å². The second kappa shape index (κ2) is 6.48. The fourth-order valence-corrected chi connectivity index (χ4v) is 3.40. The van der Waals surface area contributed by atoms with Crippen LogP contribution in [0.25, 0.3) is 10.9 Å². The molecule has 0 radical (unpaired) electrons. The first kappa shape index (κ1) is 15.5. The summed E-state index contributed by atoms with van der Waals surface area (Å²) in [6.45, 7) is 1.82. The Morgan fingerprint density at radius 3 is 2.72 bits per heavy atom. The highest BCUT2D eigenvalue weighted by atomic mass is 16.5. The second-order valence-electron chi connectivity index (χ2n) is 6.44. The number of pyridine rings is 1. The molecule has 1 aliphatic heterocycles. The number of fused-ring (bicyclic) bond motifs is 1. The molecule has 0 aliphatic carbocycles. The molecule has 0 N–H and O–H groups in total. The Morgan fingerprint density at radius 1 is 1.16 bits per heavy atom. The summed E-state index contributed by atoms with van der Waals surface area (Å²) >= 11 is 0. The summed E-state index contributed by atoms with van der Waals surface area (Å²) < 4.78 is 8.41. The van der Waals surface area contributed by atoms with Crippen LogP contribution in [0.15, 0.2) is 48.8 Å². The third kappa shape index (κ3) is 3.03. The van der Waals surface area contributed by atoms with Crippen molar-refractivity contribution in [3.63, 3.8) is 0 Å². The van der Waals surface area contributed by atoms with Crippen molar-refractivity contribution >= 4 is 16.7 Å². The molecule has 2 aromatic heterocycles. The number of rotatable bonds is 3. The maximum Gasteiger partial charge on any atom is 0.129 e. The summed E-state index contributed by atoms with van der Waals surface area (Å²) in [5, 5.41) is 10.0. The molecule has 25 heavy (non-hydrogen) atoms. The van der Waals surface area contributed by atoms with Crippen molar-refractivity contribution in [3.05, 3.63) is 54.4 Å². The van der Waals surface area contributed by atoms with E-state index in [0.29, 0.717) is 5.56 Å². The van der Waals surface area contributed by atoms with Gasteiger partial charge in [0, 0.05) is 50.8 Å². The van der Waals surface area contributed by atoms with Crippen LogP contribution in [0.5, 0.6) is 5.75 Å². The first-order valence-corrected chi connectivity index (χ1v) is 8.56. The minimum atomic E-state index is 0.223. The molecule has 5 nitrogen and oxygen atoms in total.